The highest BCUT2D eigenvalue weighted by Crippen LogP contribution is 2.30. The molecule has 0 radical (unpaired) electrons. The van der Waals surface area contributed by atoms with Gasteiger partial charge in [-0.05, 0) is 74.3 Å². The van der Waals surface area contributed by atoms with Gasteiger partial charge in [0, 0.05) is 26.2 Å². The van der Waals surface area contributed by atoms with Crippen molar-refractivity contribution in [2.24, 2.45) is 17.3 Å². The Kier molecular flexibility index (Phi) is 18.7. The summed E-state index contributed by atoms with van der Waals surface area (Å²) in [5.74, 6) is -3.57. The van der Waals surface area contributed by atoms with Gasteiger partial charge in [0.05, 0.1) is 23.7 Å². The number of rotatable bonds is 22. The standard InChI is InChI=1S/C40H56ClNO11S/c1-10-40(5,6)39(46)53-35(21-26(2)3)38(45)52-32(27(4)22-34(50-8)29-15-12-11-13-16-29)17-14-18-36(43)42-31(37(44)51-25-54(9,47)48)24-28-19-20-33(49-7)30(41)23-28/h11-16,18-20,23,26-27,31-32,34-35H,10,17,21-22,24-25H2,1-9H3,(H,42,43)/b18-14+/t27?,31-,32?,34?,35+/m1/s1. The minimum absolute atomic E-state index is 0.0153. The molecule has 54 heavy (non-hydrogen) atoms. The SMILES string of the molecule is CCC(C)(C)C(=O)O[C@@H](CC(C)C)C(=O)OC(C/C=C/C(=O)N[C@H](Cc1ccc(OC)c(Cl)c1)C(=O)OCS(C)(=O)=O)C(C)CC(OC)c1ccccc1. The summed E-state index contributed by atoms with van der Waals surface area (Å²) in [4.78, 5) is 52.9. The van der Waals surface area contributed by atoms with Crippen LogP contribution in [0, 0.1) is 17.3 Å². The Labute approximate surface area is 325 Å². The molecule has 0 aliphatic rings. The van der Waals surface area contributed by atoms with Crippen molar-refractivity contribution in [1.29, 1.82) is 0 Å². The molecule has 1 N–H and O–H groups in total. The minimum atomic E-state index is -3.65. The van der Waals surface area contributed by atoms with Gasteiger partial charge in [0.1, 0.15) is 17.9 Å². The van der Waals surface area contributed by atoms with Crippen molar-refractivity contribution in [2.75, 3.05) is 26.4 Å². The van der Waals surface area contributed by atoms with Gasteiger partial charge < -0.3 is 29.0 Å². The number of amides is 1. The molecule has 0 spiro atoms. The van der Waals surface area contributed by atoms with E-state index in [0.717, 1.165) is 11.8 Å². The minimum Gasteiger partial charge on any atom is -0.495 e. The molecule has 0 fully saturated rings. The largest absolute Gasteiger partial charge is 0.495 e. The lowest BCUT2D eigenvalue weighted by atomic mass is 9.90. The Balaban J connectivity index is 2.35. The third-order valence-electron chi connectivity index (χ3n) is 8.89. The molecule has 0 heterocycles. The maximum atomic E-state index is 13.7. The Morgan fingerprint density at radius 3 is 2.17 bits per heavy atom. The molecule has 300 valence electrons. The van der Waals surface area contributed by atoms with Crippen molar-refractivity contribution in [2.45, 2.75) is 98.0 Å². The molecule has 0 aromatic heterocycles. The van der Waals surface area contributed by atoms with E-state index >= 15 is 0 Å². The maximum Gasteiger partial charge on any atom is 0.347 e. The first-order chi connectivity index (χ1) is 25.3. The number of nitrogens with one attached hydrogen (secondary N) is 1. The Morgan fingerprint density at radius 1 is 0.944 bits per heavy atom. The number of hydrogen-bond donors (Lipinski definition) is 1. The van der Waals surface area contributed by atoms with Crippen LogP contribution < -0.4 is 10.1 Å². The van der Waals surface area contributed by atoms with Crippen LogP contribution in [0.4, 0.5) is 0 Å². The first-order valence-corrected chi connectivity index (χ1v) is 20.4. The summed E-state index contributed by atoms with van der Waals surface area (Å²) in [6.45, 7) is 11.1. The summed E-state index contributed by atoms with van der Waals surface area (Å²) >= 11 is 6.26. The molecule has 0 saturated heterocycles. The normalized spacial score (nSPS) is 14.8. The van der Waals surface area contributed by atoms with Crippen molar-refractivity contribution in [3.05, 3.63) is 76.8 Å². The number of carbonyl (C=O) groups is 4. The zero-order chi connectivity index (χ0) is 40.6. The fourth-order valence-electron chi connectivity index (χ4n) is 5.26. The van der Waals surface area contributed by atoms with Crippen LogP contribution in [0.2, 0.25) is 5.02 Å². The Morgan fingerprint density at radius 2 is 1.61 bits per heavy atom. The zero-order valence-electron chi connectivity index (χ0n) is 32.8. The molecule has 0 saturated carbocycles. The van der Waals surface area contributed by atoms with Gasteiger partial charge in [0.2, 0.25) is 5.91 Å². The molecule has 0 aliphatic heterocycles. The van der Waals surface area contributed by atoms with Crippen LogP contribution in [-0.4, -0.2) is 76.9 Å². The fraction of sp³-hybridized carbons (Fsp3) is 0.550. The van der Waals surface area contributed by atoms with E-state index in [-0.39, 0.29) is 42.2 Å². The molecule has 2 aromatic carbocycles. The van der Waals surface area contributed by atoms with Crippen LogP contribution in [0.5, 0.6) is 5.75 Å². The zero-order valence-corrected chi connectivity index (χ0v) is 34.3. The van der Waals surface area contributed by atoms with Crippen LogP contribution in [-0.2, 0) is 54.4 Å². The molecule has 5 atom stereocenters. The first-order valence-electron chi connectivity index (χ1n) is 17.9. The molecular weight excluding hydrogens is 738 g/mol. The second-order valence-corrected chi connectivity index (χ2v) is 17.0. The van der Waals surface area contributed by atoms with Crippen LogP contribution in [0.25, 0.3) is 0 Å². The number of esters is 3. The van der Waals surface area contributed by atoms with E-state index in [2.05, 4.69) is 5.32 Å². The van der Waals surface area contributed by atoms with Crippen molar-refractivity contribution in [3.63, 3.8) is 0 Å². The van der Waals surface area contributed by atoms with E-state index in [4.69, 9.17) is 35.3 Å². The molecule has 3 unspecified atom stereocenters. The topological polar surface area (TPSA) is 161 Å². The lowest BCUT2D eigenvalue weighted by Gasteiger charge is -2.30. The first kappa shape index (κ1) is 46.2. The fourth-order valence-corrected chi connectivity index (χ4v) is 5.87. The Hall–Kier alpha value is -3.94. The summed E-state index contributed by atoms with van der Waals surface area (Å²) in [6, 6.07) is 13.1. The molecule has 12 nitrogen and oxygen atoms in total. The summed E-state index contributed by atoms with van der Waals surface area (Å²) < 4.78 is 51.1. The van der Waals surface area contributed by atoms with Gasteiger partial charge in [-0.1, -0.05) is 81.8 Å². The number of carbonyl (C=O) groups excluding carboxylic acids is 4. The van der Waals surface area contributed by atoms with E-state index in [0.29, 0.717) is 24.2 Å². The summed E-state index contributed by atoms with van der Waals surface area (Å²) in [5, 5.41) is 2.86. The quantitative estimate of drug-likeness (QED) is 0.0779. The van der Waals surface area contributed by atoms with Gasteiger partial charge >= 0.3 is 17.9 Å². The van der Waals surface area contributed by atoms with Crippen LogP contribution in [0.3, 0.4) is 0 Å². The van der Waals surface area contributed by atoms with Gasteiger partial charge in [0.25, 0.3) is 0 Å². The van der Waals surface area contributed by atoms with E-state index in [9.17, 15) is 27.6 Å². The summed E-state index contributed by atoms with van der Waals surface area (Å²) in [6.07, 6.45) is 2.65. The molecule has 0 aliphatic carbocycles. The van der Waals surface area contributed by atoms with E-state index in [1.807, 2.05) is 58.0 Å². The lowest BCUT2D eigenvalue weighted by molar-refractivity contribution is -0.179. The van der Waals surface area contributed by atoms with Gasteiger partial charge in [-0.2, -0.15) is 0 Å². The Bertz CT molecular complexity index is 1680. The monoisotopic (exact) mass is 793 g/mol. The average molecular weight is 794 g/mol. The van der Waals surface area contributed by atoms with Gasteiger partial charge in [-0.25, -0.2) is 18.0 Å². The van der Waals surface area contributed by atoms with Crippen LogP contribution >= 0.6 is 11.6 Å². The number of methoxy groups -OCH3 is 2. The van der Waals surface area contributed by atoms with Crippen molar-refractivity contribution in [1.82, 2.24) is 5.32 Å². The van der Waals surface area contributed by atoms with E-state index < -0.39 is 63.3 Å². The highest BCUT2D eigenvalue weighted by atomic mass is 35.5. The van der Waals surface area contributed by atoms with Crippen molar-refractivity contribution in [3.8, 4) is 5.75 Å². The summed E-state index contributed by atoms with van der Waals surface area (Å²) in [5.41, 5.74) is 0.693. The molecular formula is C40H56ClNO11S. The van der Waals surface area contributed by atoms with E-state index in [1.165, 1.54) is 19.3 Å². The predicted molar refractivity (Wildman–Crippen MR) is 206 cm³/mol. The van der Waals surface area contributed by atoms with Crippen molar-refractivity contribution < 1.29 is 51.3 Å². The molecule has 1 amide bonds. The third kappa shape index (κ3) is 15.8. The van der Waals surface area contributed by atoms with Crippen LogP contribution in [0.1, 0.15) is 84.5 Å². The van der Waals surface area contributed by atoms with E-state index in [1.54, 1.807) is 39.2 Å². The van der Waals surface area contributed by atoms with Gasteiger partial charge in [-0.15, -0.1) is 0 Å². The number of ether oxygens (including phenoxy) is 5. The molecule has 2 rings (SSSR count). The highest BCUT2D eigenvalue weighted by Gasteiger charge is 2.35. The summed E-state index contributed by atoms with van der Waals surface area (Å²) in [7, 11) is -0.601. The third-order valence-corrected chi connectivity index (χ3v) is 9.73. The van der Waals surface area contributed by atoms with Gasteiger partial charge in [-0.3, -0.25) is 9.59 Å². The number of sulfone groups is 1. The molecule has 0 bridgehead atoms. The number of hydrogen-bond acceptors (Lipinski definition) is 11. The van der Waals surface area contributed by atoms with Crippen molar-refractivity contribution >= 4 is 45.3 Å². The molecule has 14 heteroatoms. The smallest absolute Gasteiger partial charge is 0.347 e. The second kappa shape index (κ2) is 21.8. The lowest BCUT2D eigenvalue weighted by Crippen LogP contribution is -2.43. The van der Waals surface area contributed by atoms with Crippen LogP contribution in [0.15, 0.2) is 60.7 Å². The second-order valence-electron chi connectivity index (χ2n) is 14.5. The number of halogens is 1. The van der Waals surface area contributed by atoms with Gasteiger partial charge in [0.15, 0.2) is 21.9 Å². The molecule has 2 aromatic rings. The average Bonchev–Trinajstić information content (AvgIpc) is 3.11. The highest BCUT2D eigenvalue weighted by molar-refractivity contribution is 7.90. The number of benzene rings is 2. The predicted octanol–water partition coefficient (Wildman–Crippen LogP) is 6.59. The maximum absolute atomic E-state index is 13.7.